The largest absolute Gasteiger partial charge is 0.468 e. The first kappa shape index (κ1) is 11.3. The minimum absolute atomic E-state index is 0.579. The maximum absolute atomic E-state index is 10.6. The highest BCUT2D eigenvalue weighted by Gasteiger charge is 2.07. The van der Waals surface area contributed by atoms with E-state index in [0.717, 1.165) is 21.8 Å². The molecule has 0 bridgehead atoms. The quantitative estimate of drug-likeness (QED) is 0.767. The van der Waals surface area contributed by atoms with Gasteiger partial charge in [-0.2, -0.15) is 0 Å². The summed E-state index contributed by atoms with van der Waals surface area (Å²) in [5, 5.41) is 0.579. The highest BCUT2D eigenvalue weighted by molar-refractivity contribution is 7.99. The molecule has 1 heterocycles. The molecule has 0 aliphatic carbocycles. The average molecular weight is 253 g/mol. The Labute approximate surface area is 103 Å². The number of furan rings is 1. The van der Waals surface area contributed by atoms with Crippen LogP contribution in [0.15, 0.2) is 44.7 Å². The van der Waals surface area contributed by atoms with Crippen molar-refractivity contribution in [2.24, 2.45) is 0 Å². The Hall–Kier alpha value is -1.19. The minimum Gasteiger partial charge on any atom is -0.468 e. The Morgan fingerprint density at radius 1 is 1.31 bits per heavy atom. The van der Waals surface area contributed by atoms with Crippen molar-refractivity contribution in [3.8, 4) is 0 Å². The van der Waals surface area contributed by atoms with E-state index < -0.39 is 0 Å². The number of rotatable bonds is 3. The van der Waals surface area contributed by atoms with Crippen molar-refractivity contribution in [1.82, 2.24) is 0 Å². The first-order chi connectivity index (χ1) is 7.70. The Kier molecular flexibility index (Phi) is 3.36. The molecule has 0 aliphatic heterocycles. The second kappa shape index (κ2) is 4.76. The molecule has 0 atom stereocenters. The minimum atomic E-state index is 0.579. The topological polar surface area (TPSA) is 30.2 Å². The van der Waals surface area contributed by atoms with Crippen LogP contribution >= 0.6 is 23.4 Å². The van der Waals surface area contributed by atoms with Crippen molar-refractivity contribution in [2.75, 3.05) is 0 Å². The van der Waals surface area contributed by atoms with E-state index in [0.29, 0.717) is 10.6 Å². The van der Waals surface area contributed by atoms with Gasteiger partial charge in [-0.25, -0.2) is 0 Å². The number of benzene rings is 1. The van der Waals surface area contributed by atoms with Crippen LogP contribution in [0.2, 0.25) is 5.02 Å². The van der Waals surface area contributed by atoms with Gasteiger partial charge in [0.15, 0.2) is 0 Å². The van der Waals surface area contributed by atoms with Crippen LogP contribution in [-0.2, 0) is 0 Å². The van der Waals surface area contributed by atoms with Crippen LogP contribution in [0.4, 0.5) is 0 Å². The van der Waals surface area contributed by atoms with E-state index in [1.54, 1.807) is 18.4 Å². The molecule has 16 heavy (non-hydrogen) atoms. The number of hydrogen-bond donors (Lipinski definition) is 0. The molecule has 2 aromatic rings. The number of aryl methyl sites for hydroxylation is 1. The summed E-state index contributed by atoms with van der Waals surface area (Å²) in [5.74, 6) is 0.862. The summed E-state index contributed by atoms with van der Waals surface area (Å²) < 4.78 is 5.20. The van der Waals surface area contributed by atoms with Crippen molar-refractivity contribution in [3.63, 3.8) is 0 Å². The first-order valence-electron chi connectivity index (χ1n) is 4.67. The van der Waals surface area contributed by atoms with Gasteiger partial charge >= 0.3 is 0 Å². The third kappa shape index (κ3) is 2.31. The Morgan fingerprint density at radius 2 is 2.12 bits per heavy atom. The highest BCUT2D eigenvalue weighted by Crippen LogP contribution is 2.35. The van der Waals surface area contributed by atoms with Gasteiger partial charge in [0.1, 0.15) is 12.0 Å². The van der Waals surface area contributed by atoms with Gasteiger partial charge < -0.3 is 4.42 Å². The molecule has 2 rings (SSSR count). The molecule has 2 nitrogen and oxygen atoms in total. The number of aldehydes is 1. The van der Waals surface area contributed by atoms with E-state index in [2.05, 4.69) is 0 Å². The highest BCUT2D eigenvalue weighted by atomic mass is 35.5. The zero-order valence-corrected chi connectivity index (χ0v) is 10.1. The Balaban J connectivity index is 2.29. The van der Waals surface area contributed by atoms with Crippen LogP contribution in [-0.4, -0.2) is 6.29 Å². The summed E-state index contributed by atoms with van der Waals surface area (Å²) in [6.45, 7) is 1.90. The third-order valence-corrected chi connectivity index (χ3v) is 3.77. The van der Waals surface area contributed by atoms with Crippen molar-refractivity contribution < 1.29 is 9.21 Å². The van der Waals surface area contributed by atoms with Gasteiger partial charge in [-0.15, -0.1) is 0 Å². The maximum atomic E-state index is 10.6. The summed E-state index contributed by atoms with van der Waals surface area (Å²) in [6, 6.07) is 7.13. The third-order valence-electron chi connectivity index (χ3n) is 2.12. The van der Waals surface area contributed by atoms with E-state index in [-0.39, 0.29) is 0 Å². The van der Waals surface area contributed by atoms with Gasteiger partial charge in [0.25, 0.3) is 0 Å². The van der Waals surface area contributed by atoms with Gasteiger partial charge in [0, 0.05) is 10.5 Å². The smallest absolute Gasteiger partial charge is 0.150 e. The van der Waals surface area contributed by atoms with Crippen LogP contribution in [0.5, 0.6) is 0 Å². The standard InChI is InChI=1S/C12H9ClO2S/c1-8-11(4-5-15-8)16-12-3-2-9(7-14)6-10(12)13/h2-7H,1H3. The van der Waals surface area contributed by atoms with Crippen LogP contribution in [0.25, 0.3) is 0 Å². The van der Waals surface area contributed by atoms with Crippen LogP contribution in [0.3, 0.4) is 0 Å². The number of halogens is 1. The molecular weight excluding hydrogens is 244 g/mol. The molecule has 0 saturated carbocycles. The lowest BCUT2D eigenvalue weighted by molar-refractivity contribution is 0.112. The van der Waals surface area contributed by atoms with Crippen molar-refractivity contribution >= 4 is 29.6 Å². The van der Waals surface area contributed by atoms with E-state index >= 15 is 0 Å². The van der Waals surface area contributed by atoms with Crippen molar-refractivity contribution in [2.45, 2.75) is 16.7 Å². The fraction of sp³-hybridized carbons (Fsp3) is 0.0833. The Bertz CT molecular complexity index is 519. The Morgan fingerprint density at radius 3 is 2.69 bits per heavy atom. The van der Waals surface area contributed by atoms with Gasteiger partial charge in [0.05, 0.1) is 16.2 Å². The fourth-order valence-electron chi connectivity index (χ4n) is 1.27. The number of carbonyl (C=O) groups is 1. The molecule has 0 unspecified atom stereocenters. The van der Waals surface area contributed by atoms with Crippen LogP contribution < -0.4 is 0 Å². The van der Waals surface area contributed by atoms with Gasteiger partial charge in [-0.05, 0) is 25.1 Å². The molecule has 0 saturated heterocycles. The van der Waals surface area contributed by atoms with E-state index in [1.165, 1.54) is 11.8 Å². The van der Waals surface area contributed by atoms with Crippen LogP contribution in [0, 0.1) is 6.92 Å². The molecule has 1 aromatic carbocycles. The maximum Gasteiger partial charge on any atom is 0.150 e. The molecule has 0 radical (unpaired) electrons. The lowest BCUT2D eigenvalue weighted by Crippen LogP contribution is -1.81. The van der Waals surface area contributed by atoms with E-state index in [4.69, 9.17) is 16.0 Å². The second-order valence-corrected chi connectivity index (χ2v) is 4.74. The van der Waals surface area contributed by atoms with Gasteiger partial charge in [0.2, 0.25) is 0 Å². The molecule has 4 heteroatoms. The summed E-state index contributed by atoms with van der Waals surface area (Å²) in [4.78, 5) is 12.5. The molecule has 0 N–H and O–H groups in total. The van der Waals surface area contributed by atoms with E-state index in [9.17, 15) is 4.79 Å². The van der Waals surface area contributed by atoms with E-state index in [1.807, 2.05) is 19.1 Å². The summed E-state index contributed by atoms with van der Waals surface area (Å²) >= 11 is 7.59. The van der Waals surface area contributed by atoms with Crippen molar-refractivity contribution in [3.05, 3.63) is 46.9 Å². The number of carbonyl (C=O) groups excluding carboxylic acids is 1. The summed E-state index contributed by atoms with van der Waals surface area (Å²) in [7, 11) is 0. The monoisotopic (exact) mass is 252 g/mol. The van der Waals surface area contributed by atoms with Gasteiger partial charge in [-0.3, -0.25) is 4.79 Å². The zero-order valence-electron chi connectivity index (χ0n) is 8.57. The summed E-state index contributed by atoms with van der Waals surface area (Å²) in [5.41, 5.74) is 0.582. The predicted molar refractivity (Wildman–Crippen MR) is 64.4 cm³/mol. The molecule has 1 aromatic heterocycles. The molecular formula is C12H9ClO2S. The first-order valence-corrected chi connectivity index (χ1v) is 5.87. The SMILES string of the molecule is Cc1occc1Sc1ccc(C=O)cc1Cl. The molecule has 0 fully saturated rings. The number of hydrogen-bond acceptors (Lipinski definition) is 3. The van der Waals surface area contributed by atoms with Crippen LogP contribution in [0.1, 0.15) is 16.1 Å². The average Bonchev–Trinajstić information content (AvgIpc) is 2.67. The normalized spacial score (nSPS) is 10.4. The lowest BCUT2D eigenvalue weighted by atomic mass is 10.2. The summed E-state index contributed by atoms with van der Waals surface area (Å²) in [6.07, 6.45) is 2.43. The lowest BCUT2D eigenvalue weighted by Gasteiger charge is -2.03. The zero-order chi connectivity index (χ0) is 11.5. The second-order valence-electron chi connectivity index (χ2n) is 3.25. The molecule has 82 valence electrons. The molecule has 0 amide bonds. The predicted octanol–water partition coefficient (Wildman–Crippen LogP) is 4.21. The molecule has 0 aliphatic rings. The van der Waals surface area contributed by atoms with Gasteiger partial charge in [-0.1, -0.05) is 29.4 Å². The molecule has 0 spiro atoms. The fourth-order valence-corrected chi connectivity index (χ4v) is 2.42. The van der Waals surface area contributed by atoms with Crippen molar-refractivity contribution in [1.29, 1.82) is 0 Å².